The maximum absolute atomic E-state index is 12.3. The molecule has 4 rings (SSSR count). The highest BCUT2D eigenvalue weighted by Gasteiger charge is 2.13. The normalized spacial score (nSPS) is 10.4. The SMILES string of the molecule is CNc1nccc(-c2cccnc2Oc2ccc(NC(=O)NCc3cccc(C)c3)cc2C)n1. The van der Waals surface area contributed by atoms with Gasteiger partial charge in [-0.15, -0.1) is 0 Å². The fourth-order valence-electron chi connectivity index (χ4n) is 3.42. The zero-order chi connectivity index (χ0) is 23.9. The van der Waals surface area contributed by atoms with Crippen molar-refractivity contribution in [2.75, 3.05) is 17.7 Å². The van der Waals surface area contributed by atoms with Gasteiger partial charge in [0.25, 0.3) is 0 Å². The Kier molecular flexibility index (Phi) is 6.98. The summed E-state index contributed by atoms with van der Waals surface area (Å²) in [5, 5.41) is 8.67. The number of rotatable bonds is 7. The molecule has 0 saturated heterocycles. The molecule has 0 unspecified atom stereocenters. The van der Waals surface area contributed by atoms with Crippen molar-refractivity contribution < 1.29 is 9.53 Å². The first kappa shape index (κ1) is 22.7. The molecule has 0 fully saturated rings. The highest BCUT2D eigenvalue weighted by molar-refractivity contribution is 5.89. The molecular formula is C26H26N6O2. The van der Waals surface area contributed by atoms with E-state index in [1.807, 2.05) is 62.4 Å². The van der Waals surface area contributed by atoms with Crippen LogP contribution in [0.2, 0.25) is 0 Å². The van der Waals surface area contributed by atoms with E-state index in [1.165, 1.54) is 0 Å². The lowest BCUT2D eigenvalue weighted by Gasteiger charge is -2.13. The molecule has 0 spiro atoms. The van der Waals surface area contributed by atoms with Crippen LogP contribution in [-0.4, -0.2) is 28.0 Å². The summed E-state index contributed by atoms with van der Waals surface area (Å²) in [6.07, 6.45) is 3.35. The third-order valence-corrected chi connectivity index (χ3v) is 5.10. The van der Waals surface area contributed by atoms with Gasteiger partial charge in [0.2, 0.25) is 11.8 Å². The van der Waals surface area contributed by atoms with Gasteiger partial charge in [0.05, 0.1) is 11.3 Å². The maximum atomic E-state index is 12.3. The third-order valence-electron chi connectivity index (χ3n) is 5.10. The first-order valence-electron chi connectivity index (χ1n) is 10.9. The van der Waals surface area contributed by atoms with Crippen molar-refractivity contribution in [1.82, 2.24) is 20.3 Å². The van der Waals surface area contributed by atoms with Crippen LogP contribution < -0.4 is 20.7 Å². The standard InChI is InChI=1S/C26H26N6O2/c1-17-6-4-7-19(14-17)16-30-26(33)31-20-9-10-23(18(2)15-20)34-24-21(8-5-12-28-24)22-11-13-29-25(27-3)32-22/h4-15H,16H2,1-3H3,(H,27,29,32)(H2,30,31,33). The van der Waals surface area contributed by atoms with E-state index in [1.54, 1.807) is 31.6 Å². The van der Waals surface area contributed by atoms with Crippen LogP contribution in [0, 0.1) is 13.8 Å². The second kappa shape index (κ2) is 10.4. The minimum atomic E-state index is -0.273. The number of ether oxygens (including phenoxy) is 1. The molecule has 2 aromatic heterocycles. The summed E-state index contributed by atoms with van der Waals surface area (Å²) in [4.78, 5) is 25.4. The smallest absolute Gasteiger partial charge is 0.319 e. The molecule has 8 nitrogen and oxygen atoms in total. The maximum Gasteiger partial charge on any atom is 0.319 e. The molecule has 2 aromatic carbocycles. The summed E-state index contributed by atoms with van der Waals surface area (Å²) in [5.41, 5.74) is 5.17. The second-order valence-electron chi connectivity index (χ2n) is 7.75. The van der Waals surface area contributed by atoms with E-state index in [0.29, 0.717) is 35.5 Å². The Balaban J connectivity index is 1.44. The third kappa shape index (κ3) is 5.66. The number of amides is 2. The molecule has 3 N–H and O–H groups in total. The summed E-state index contributed by atoms with van der Waals surface area (Å²) >= 11 is 0. The van der Waals surface area contributed by atoms with Gasteiger partial charge in [-0.05, 0) is 61.4 Å². The number of carbonyl (C=O) groups excluding carboxylic acids is 1. The lowest BCUT2D eigenvalue weighted by atomic mass is 10.1. The van der Waals surface area contributed by atoms with Crippen molar-refractivity contribution >= 4 is 17.7 Å². The molecule has 2 amide bonds. The van der Waals surface area contributed by atoms with E-state index >= 15 is 0 Å². The highest BCUT2D eigenvalue weighted by Crippen LogP contribution is 2.32. The topological polar surface area (TPSA) is 101 Å². The number of aromatic nitrogens is 3. The van der Waals surface area contributed by atoms with Gasteiger partial charge >= 0.3 is 6.03 Å². The number of benzene rings is 2. The molecule has 0 aliphatic heterocycles. The van der Waals surface area contributed by atoms with Gasteiger partial charge in [-0.25, -0.2) is 19.7 Å². The molecule has 0 atom stereocenters. The monoisotopic (exact) mass is 454 g/mol. The van der Waals surface area contributed by atoms with Crippen LogP contribution in [0.25, 0.3) is 11.3 Å². The fourth-order valence-corrected chi connectivity index (χ4v) is 3.42. The summed E-state index contributed by atoms with van der Waals surface area (Å²) in [7, 11) is 1.77. The van der Waals surface area contributed by atoms with Gasteiger partial charge in [-0.2, -0.15) is 0 Å². The Hall–Kier alpha value is -4.46. The second-order valence-corrected chi connectivity index (χ2v) is 7.75. The van der Waals surface area contributed by atoms with Crippen LogP contribution in [0.3, 0.4) is 0 Å². The average molecular weight is 455 g/mol. The van der Waals surface area contributed by atoms with Crippen LogP contribution >= 0.6 is 0 Å². The summed E-state index contributed by atoms with van der Waals surface area (Å²) in [6, 6.07) is 18.7. The minimum Gasteiger partial charge on any atom is -0.438 e. The molecule has 2 heterocycles. The van der Waals surface area contributed by atoms with E-state index in [0.717, 1.165) is 22.3 Å². The molecule has 0 saturated carbocycles. The van der Waals surface area contributed by atoms with Crippen molar-refractivity contribution in [3.63, 3.8) is 0 Å². The molecular weight excluding hydrogens is 428 g/mol. The van der Waals surface area contributed by atoms with Gasteiger partial charge < -0.3 is 20.7 Å². The number of nitrogens with zero attached hydrogens (tertiary/aromatic N) is 3. The van der Waals surface area contributed by atoms with Gasteiger partial charge in [-0.3, -0.25) is 0 Å². The Labute approximate surface area is 198 Å². The van der Waals surface area contributed by atoms with Crippen molar-refractivity contribution in [2.45, 2.75) is 20.4 Å². The largest absolute Gasteiger partial charge is 0.438 e. The van der Waals surface area contributed by atoms with Gasteiger partial charge in [-0.1, -0.05) is 29.8 Å². The molecule has 0 aliphatic carbocycles. The molecule has 34 heavy (non-hydrogen) atoms. The van der Waals surface area contributed by atoms with Crippen LogP contribution in [-0.2, 0) is 6.54 Å². The van der Waals surface area contributed by atoms with E-state index in [-0.39, 0.29) is 6.03 Å². The Morgan fingerprint density at radius 1 is 0.971 bits per heavy atom. The average Bonchev–Trinajstić information content (AvgIpc) is 2.85. The van der Waals surface area contributed by atoms with E-state index < -0.39 is 0 Å². The summed E-state index contributed by atoms with van der Waals surface area (Å²) in [5.74, 6) is 1.58. The van der Waals surface area contributed by atoms with E-state index in [4.69, 9.17) is 4.74 Å². The van der Waals surface area contributed by atoms with Gasteiger partial charge in [0.15, 0.2) is 0 Å². The number of nitrogens with one attached hydrogen (secondary N) is 3. The molecule has 4 aromatic rings. The lowest BCUT2D eigenvalue weighted by Crippen LogP contribution is -2.28. The number of aryl methyl sites for hydroxylation is 2. The first-order valence-corrected chi connectivity index (χ1v) is 10.9. The predicted molar refractivity (Wildman–Crippen MR) is 133 cm³/mol. The Morgan fingerprint density at radius 3 is 2.65 bits per heavy atom. The quantitative estimate of drug-likeness (QED) is 0.350. The molecule has 8 heteroatoms. The lowest BCUT2D eigenvalue weighted by molar-refractivity contribution is 0.251. The van der Waals surface area contributed by atoms with Crippen LogP contribution in [0.1, 0.15) is 16.7 Å². The Morgan fingerprint density at radius 2 is 1.85 bits per heavy atom. The zero-order valence-corrected chi connectivity index (χ0v) is 19.3. The highest BCUT2D eigenvalue weighted by atomic mass is 16.5. The molecule has 172 valence electrons. The van der Waals surface area contributed by atoms with E-state index in [9.17, 15) is 4.79 Å². The van der Waals surface area contributed by atoms with Crippen LogP contribution in [0.15, 0.2) is 73.1 Å². The predicted octanol–water partition coefficient (Wildman–Crippen LogP) is 5.31. The molecule has 0 aliphatic rings. The van der Waals surface area contributed by atoms with Crippen LogP contribution in [0.5, 0.6) is 11.6 Å². The number of pyridine rings is 1. The van der Waals surface area contributed by atoms with Crippen molar-refractivity contribution in [2.24, 2.45) is 0 Å². The Bertz CT molecular complexity index is 1310. The van der Waals surface area contributed by atoms with E-state index in [2.05, 4.69) is 30.9 Å². The number of hydrogen-bond donors (Lipinski definition) is 3. The minimum absolute atomic E-state index is 0.273. The number of hydrogen-bond acceptors (Lipinski definition) is 6. The number of carbonyl (C=O) groups is 1. The van der Waals surface area contributed by atoms with Crippen molar-refractivity contribution in [3.05, 3.63) is 89.7 Å². The van der Waals surface area contributed by atoms with Crippen molar-refractivity contribution in [3.8, 4) is 22.9 Å². The number of anilines is 2. The van der Waals surface area contributed by atoms with Crippen LogP contribution in [0.4, 0.5) is 16.4 Å². The summed E-state index contributed by atoms with van der Waals surface area (Å²) in [6.45, 7) is 4.39. The summed E-state index contributed by atoms with van der Waals surface area (Å²) < 4.78 is 6.12. The van der Waals surface area contributed by atoms with Gasteiger partial charge in [0, 0.05) is 31.7 Å². The number of urea groups is 1. The van der Waals surface area contributed by atoms with Crippen molar-refractivity contribution in [1.29, 1.82) is 0 Å². The zero-order valence-electron chi connectivity index (χ0n) is 19.3. The van der Waals surface area contributed by atoms with Gasteiger partial charge in [0.1, 0.15) is 5.75 Å². The first-order chi connectivity index (χ1) is 16.5. The molecule has 0 radical (unpaired) electrons. The fraction of sp³-hybridized carbons (Fsp3) is 0.154. The molecule has 0 bridgehead atoms.